The molecule has 1 aliphatic heterocycles. The Hall–Kier alpha value is -1.19. The van der Waals surface area contributed by atoms with Crippen molar-refractivity contribution in [2.75, 3.05) is 26.2 Å². The fraction of sp³-hybridized carbons (Fsp3) is 0.571. The zero-order valence-corrected chi connectivity index (χ0v) is 13.3. The highest BCUT2D eigenvalue weighted by atomic mass is 35.5. The van der Waals surface area contributed by atoms with E-state index in [0.717, 1.165) is 12.1 Å². The van der Waals surface area contributed by atoms with Crippen molar-refractivity contribution in [3.63, 3.8) is 0 Å². The Morgan fingerprint density at radius 1 is 1.00 bits per heavy atom. The van der Waals surface area contributed by atoms with E-state index in [1.807, 2.05) is 0 Å². The molecule has 0 unspecified atom stereocenters. The second kappa shape index (κ2) is 8.26. The van der Waals surface area contributed by atoms with E-state index in [0.29, 0.717) is 31.7 Å². The van der Waals surface area contributed by atoms with Gasteiger partial charge in [0.25, 0.3) is 0 Å². The molecule has 1 aromatic rings. The number of ether oxygens (including phenoxy) is 1. The number of hydrogen-bond donors (Lipinski definition) is 1. The first-order chi connectivity index (χ1) is 10.6. The molecule has 1 aliphatic rings. The van der Waals surface area contributed by atoms with Crippen molar-refractivity contribution in [3.05, 3.63) is 29.8 Å². The highest BCUT2D eigenvalue weighted by Crippen LogP contribution is 2.35. The lowest BCUT2D eigenvalue weighted by Crippen LogP contribution is -2.46. The summed E-state index contributed by atoms with van der Waals surface area (Å²) in [7, 11) is 0. The second-order valence-electron chi connectivity index (χ2n) is 5.24. The standard InChI is InChI=1S/C14H16F6N2O.ClH/c15-13(16,17)9-12(22-7-5-21-6-8-22)10-1-3-11(4-2-10)23-14(18,19)20;/h1-4,12,21H,5-9H2;1H/t12-;/m1./s1. The van der Waals surface area contributed by atoms with Gasteiger partial charge in [-0.2, -0.15) is 13.2 Å². The molecule has 1 aromatic carbocycles. The Balaban J connectivity index is 0.00000288. The van der Waals surface area contributed by atoms with Crippen LogP contribution in [0.4, 0.5) is 26.3 Å². The van der Waals surface area contributed by atoms with Gasteiger partial charge in [0, 0.05) is 32.2 Å². The first-order valence-electron chi connectivity index (χ1n) is 7.01. The van der Waals surface area contributed by atoms with Crippen LogP contribution in [0.15, 0.2) is 24.3 Å². The van der Waals surface area contributed by atoms with E-state index in [1.165, 1.54) is 12.1 Å². The maximum atomic E-state index is 12.8. The van der Waals surface area contributed by atoms with E-state index < -0.39 is 30.8 Å². The van der Waals surface area contributed by atoms with E-state index in [9.17, 15) is 26.3 Å². The van der Waals surface area contributed by atoms with Gasteiger partial charge in [-0.25, -0.2) is 0 Å². The summed E-state index contributed by atoms with van der Waals surface area (Å²) in [6.45, 7) is 2.04. The van der Waals surface area contributed by atoms with Crippen molar-refractivity contribution < 1.29 is 31.1 Å². The van der Waals surface area contributed by atoms with Gasteiger partial charge in [0.2, 0.25) is 0 Å². The number of piperazine rings is 1. The molecule has 138 valence electrons. The SMILES string of the molecule is Cl.FC(F)(F)C[C@H](c1ccc(OC(F)(F)F)cc1)N1CCNCC1. The molecule has 1 heterocycles. The van der Waals surface area contributed by atoms with Crippen LogP contribution in [0.2, 0.25) is 0 Å². The van der Waals surface area contributed by atoms with Crippen LogP contribution in [0.5, 0.6) is 5.75 Å². The van der Waals surface area contributed by atoms with Crippen molar-refractivity contribution in [1.29, 1.82) is 0 Å². The molecule has 1 fully saturated rings. The average Bonchev–Trinajstić information content (AvgIpc) is 2.44. The summed E-state index contributed by atoms with van der Waals surface area (Å²) in [5.41, 5.74) is 0.318. The summed E-state index contributed by atoms with van der Waals surface area (Å²) in [4.78, 5) is 1.68. The molecule has 1 atom stereocenters. The van der Waals surface area contributed by atoms with E-state index in [4.69, 9.17) is 0 Å². The van der Waals surface area contributed by atoms with Crippen LogP contribution >= 0.6 is 12.4 Å². The van der Waals surface area contributed by atoms with Gasteiger partial charge in [0.05, 0.1) is 6.42 Å². The highest BCUT2D eigenvalue weighted by Gasteiger charge is 2.36. The molecule has 0 bridgehead atoms. The summed E-state index contributed by atoms with van der Waals surface area (Å²) < 4.78 is 78.6. The van der Waals surface area contributed by atoms with E-state index >= 15 is 0 Å². The van der Waals surface area contributed by atoms with E-state index in [-0.39, 0.29) is 12.4 Å². The highest BCUT2D eigenvalue weighted by molar-refractivity contribution is 5.85. The summed E-state index contributed by atoms with van der Waals surface area (Å²) in [6.07, 6.45) is -10.2. The van der Waals surface area contributed by atoms with Crippen molar-refractivity contribution in [3.8, 4) is 5.75 Å². The van der Waals surface area contributed by atoms with Crippen molar-refractivity contribution >= 4 is 12.4 Å². The van der Waals surface area contributed by atoms with Gasteiger partial charge < -0.3 is 10.1 Å². The number of hydrogen-bond acceptors (Lipinski definition) is 3. The third-order valence-corrected chi connectivity index (χ3v) is 3.52. The predicted molar refractivity (Wildman–Crippen MR) is 78.2 cm³/mol. The maximum absolute atomic E-state index is 12.8. The maximum Gasteiger partial charge on any atom is 0.573 e. The predicted octanol–water partition coefficient (Wildman–Crippen LogP) is 3.91. The van der Waals surface area contributed by atoms with Crippen LogP contribution in [-0.4, -0.2) is 43.6 Å². The first-order valence-corrected chi connectivity index (χ1v) is 7.01. The largest absolute Gasteiger partial charge is 0.573 e. The number of rotatable bonds is 4. The molecule has 10 heteroatoms. The van der Waals surface area contributed by atoms with Crippen molar-refractivity contribution in [2.45, 2.75) is 25.0 Å². The minimum absolute atomic E-state index is 0. The lowest BCUT2D eigenvalue weighted by molar-refractivity contribution is -0.274. The molecule has 0 aromatic heterocycles. The molecule has 2 rings (SSSR count). The quantitative estimate of drug-likeness (QED) is 0.804. The molecule has 1 saturated heterocycles. The Bertz CT molecular complexity index is 499. The van der Waals surface area contributed by atoms with Gasteiger partial charge in [-0.1, -0.05) is 12.1 Å². The topological polar surface area (TPSA) is 24.5 Å². The minimum atomic E-state index is -4.83. The van der Waals surface area contributed by atoms with Crippen LogP contribution in [0.1, 0.15) is 18.0 Å². The van der Waals surface area contributed by atoms with Gasteiger partial charge in [0.1, 0.15) is 5.75 Å². The Morgan fingerprint density at radius 3 is 2.00 bits per heavy atom. The Kier molecular flexibility index (Phi) is 7.18. The first kappa shape index (κ1) is 20.9. The zero-order valence-electron chi connectivity index (χ0n) is 12.5. The monoisotopic (exact) mass is 378 g/mol. The fourth-order valence-corrected chi connectivity index (χ4v) is 2.56. The summed E-state index contributed by atoms with van der Waals surface area (Å²) in [5.74, 6) is -0.452. The normalized spacial score (nSPS) is 17.9. The van der Waals surface area contributed by atoms with E-state index in [2.05, 4.69) is 10.1 Å². The Morgan fingerprint density at radius 2 is 1.54 bits per heavy atom. The van der Waals surface area contributed by atoms with Gasteiger partial charge in [-0.15, -0.1) is 25.6 Å². The molecule has 0 amide bonds. The third kappa shape index (κ3) is 6.74. The van der Waals surface area contributed by atoms with E-state index in [1.54, 1.807) is 4.90 Å². The van der Waals surface area contributed by atoms with Gasteiger partial charge in [0.15, 0.2) is 0 Å². The fourth-order valence-electron chi connectivity index (χ4n) is 2.56. The molecular weight excluding hydrogens is 362 g/mol. The second-order valence-corrected chi connectivity index (χ2v) is 5.24. The van der Waals surface area contributed by atoms with Gasteiger partial charge in [-0.3, -0.25) is 4.90 Å². The van der Waals surface area contributed by atoms with Crippen LogP contribution < -0.4 is 10.1 Å². The average molecular weight is 379 g/mol. The summed E-state index contributed by atoms with van der Waals surface area (Å²) in [6, 6.07) is 3.65. The molecule has 0 radical (unpaired) electrons. The van der Waals surface area contributed by atoms with Gasteiger partial charge >= 0.3 is 12.5 Å². The number of alkyl halides is 6. The molecule has 0 spiro atoms. The number of halogens is 7. The number of nitrogens with one attached hydrogen (secondary N) is 1. The van der Waals surface area contributed by atoms with Crippen LogP contribution in [-0.2, 0) is 0 Å². The Labute approximate surface area is 141 Å². The molecule has 24 heavy (non-hydrogen) atoms. The third-order valence-electron chi connectivity index (χ3n) is 3.52. The molecule has 3 nitrogen and oxygen atoms in total. The zero-order chi connectivity index (χ0) is 17.1. The van der Waals surface area contributed by atoms with Crippen molar-refractivity contribution in [1.82, 2.24) is 10.2 Å². The summed E-state index contributed by atoms with van der Waals surface area (Å²) in [5, 5.41) is 3.05. The molecule has 0 aliphatic carbocycles. The smallest absolute Gasteiger partial charge is 0.406 e. The molecule has 0 saturated carbocycles. The lowest BCUT2D eigenvalue weighted by atomic mass is 10.0. The summed E-state index contributed by atoms with van der Waals surface area (Å²) >= 11 is 0. The van der Waals surface area contributed by atoms with Crippen LogP contribution in [0.25, 0.3) is 0 Å². The molecule has 1 N–H and O–H groups in total. The van der Waals surface area contributed by atoms with Crippen LogP contribution in [0, 0.1) is 0 Å². The van der Waals surface area contributed by atoms with Crippen molar-refractivity contribution in [2.24, 2.45) is 0 Å². The van der Waals surface area contributed by atoms with Gasteiger partial charge in [-0.05, 0) is 17.7 Å². The number of nitrogens with zero attached hydrogens (tertiary/aromatic N) is 1. The lowest BCUT2D eigenvalue weighted by Gasteiger charge is -2.35. The molecular formula is C14H17ClF6N2O. The minimum Gasteiger partial charge on any atom is -0.406 e. The number of benzene rings is 1. The van der Waals surface area contributed by atoms with Crippen LogP contribution in [0.3, 0.4) is 0 Å².